The van der Waals surface area contributed by atoms with Crippen molar-refractivity contribution >= 4 is 5.97 Å². The number of carbonyl (C=O) groups is 1. The fourth-order valence-corrected chi connectivity index (χ4v) is 1.08. The second-order valence-corrected chi connectivity index (χ2v) is 3.16. The number of para-hydroxylation sites is 1. The Morgan fingerprint density at radius 3 is 2.76 bits per heavy atom. The van der Waals surface area contributed by atoms with Crippen molar-refractivity contribution in [1.29, 1.82) is 10.5 Å². The van der Waals surface area contributed by atoms with E-state index in [1.165, 1.54) is 6.92 Å². The molecule has 0 N–H and O–H groups in total. The molecule has 0 saturated heterocycles. The van der Waals surface area contributed by atoms with Gasteiger partial charge in [0.1, 0.15) is 17.9 Å². The molecule has 17 heavy (non-hydrogen) atoms. The van der Waals surface area contributed by atoms with Crippen LogP contribution in [0.5, 0.6) is 5.75 Å². The lowest BCUT2D eigenvalue weighted by atomic mass is 10.2. The summed E-state index contributed by atoms with van der Waals surface area (Å²) in [5, 5.41) is 17.2. The first-order valence-electron chi connectivity index (χ1n) is 4.88. The Labute approximate surface area is 98.8 Å². The van der Waals surface area contributed by atoms with Crippen molar-refractivity contribution in [3.63, 3.8) is 0 Å². The second-order valence-electron chi connectivity index (χ2n) is 3.16. The predicted molar refractivity (Wildman–Crippen MR) is 57.8 cm³/mol. The lowest BCUT2D eigenvalue weighted by Gasteiger charge is -2.08. The Morgan fingerprint density at radius 2 is 2.12 bits per heavy atom. The van der Waals surface area contributed by atoms with Crippen LogP contribution in [-0.4, -0.2) is 18.7 Å². The lowest BCUT2D eigenvalue weighted by Crippen LogP contribution is -2.19. The zero-order valence-corrected chi connectivity index (χ0v) is 9.21. The summed E-state index contributed by atoms with van der Waals surface area (Å²) in [6.45, 7) is 1.13. The number of hydrogen-bond donors (Lipinski definition) is 0. The van der Waals surface area contributed by atoms with Crippen molar-refractivity contribution in [2.45, 2.75) is 13.0 Å². The van der Waals surface area contributed by atoms with Crippen LogP contribution in [0.25, 0.3) is 0 Å². The summed E-state index contributed by atoms with van der Waals surface area (Å²) in [5.74, 6) is -0.330. The number of carbonyl (C=O) groups excluding carboxylic acids is 1. The first-order chi connectivity index (χ1) is 8.17. The van der Waals surface area contributed by atoms with E-state index in [0.29, 0.717) is 11.3 Å². The van der Waals surface area contributed by atoms with Crippen molar-refractivity contribution < 1.29 is 14.3 Å². The fourth-order valence-electron chi connectivity index (χ4n) is 1.08. The highest BCUT2D eigenvalue weighted by Crippen LogP contribution is 2.16. The molecule has 0 heterocycles. The number of benzene rings is 1. The number of esters is 1. The molecule has 0 aromatic heterocycles. The third-order valence-corrected chi connectivity index (χ3v) is 1.84. The molecule has 0 spiro atoms. The third kappa shape index (κ3) is 3.84. The first-order valence-corrected chi connectivity index (χ1v) is 4.88. The van der Waals surface area contributed by atoms with Crippen LogP contribution in [0.3, 0.4) is 0 Å². The van der Waals surface area contributed by atoms with Crippen LogP contribution in [0, 0.1) is 22.7 Å². The van der Waals surface area contributed by atoms with Crippen molar-refractivity contribution in [1.82, 2.24) is 0 Å². The number of nitrogens with zero attached hydrogens (tertiary/aromatic N) is 2. The van der Waals surface area contributed by atoms with Crippen LogP contribution >= 0.6 is 0 Å². The normalized spacial score (nSPS) is 10.8. The average molecular weight is 230 g/mol. The maximum atomic E-state index is 11.2. The Hall–Kier alpha value is -2.53. The van der Waals surface area contributed by atoms with Gasteiger partial charge in [0.2, 0.25) is 0 Å². The lowest BCUT2D eigenvalue weighted by molar-refractivity contribution is -0.148. The maximum Gasteiger partial charge on any atom is 0.345 e. The van der Waals surface area contributed by atoms with Gasteiger partial charge in [0.25, 0.3) is 0 Å². The molecule has 1 aromatic carbocycles. The monoisotopic (exact) mass is 230 g/mol. The van der Waals surface area contributed by atoms with Gasteiger partial charge in [-0.2, -0.15) is 10.5 Å². The molecular formula is C12H10N2O3. The zero-order chi connectivity index (χ0) is 12.7. The average Bonchev–Trinajstić information content (AvgIpc) is 2.36. The van der Waals surface area contributed by atoms with Gasteiger partial charge >= 0.3 is 5.97 Å². The molecule has 0 fully saturated rings. The van der Waals surface area contributed by atoms with Gasteiger partial charge in [0, 0.05) is 0 Å². The van der Waals surface area contributed by atoms with Gasteiger partial charge in [0.05, 0.1) is 5.56 Å². The molecule has 0 saturated carbocycles. The highest BCUT2D eigenvalue weighted by Gasteiger charge is 2.10. The van der Waals surface area contributed by atoms with E-state index in [1.54, 1.807) is 30.3 Å². The first kappa shape index (κ1) is 12.5. The van der Waals surface area contributed by atoms with Crippen LogP contribution in [0.2, 0.25) is 0 Å². The molecule has 0 unspecified atom stereocenters. The van der Waals surface area contributed by atoms with E-state index in [2.05, 4.69) is 4.74 Å². The molecule has 0 aliphatic carbocycles. The van der Waals surface area contributed by atoms with E-state index in [0.717, 1.165) is 0 Å². The van der Waals surface area contributed by atoms with Crippen LogP contribution in [0.1, 0.15) is 12.5 Å². The van der Waals surface area contributed by atoms with Crippen LogP contribution in [-0.2, 0) is 9.53 Å². The molecule has 86 valence electrons. The summed E-state index contributed by atoms with van der Waals surface area (Å²) in [4.78, 5) is 11.2. The Bertz CT molecular complexity index is 485. The molecule has 5 nitrogen and oxygen atoms in total. The van der Waals surface area contributed by atoms with Crippen molar-refractivity contribution in [3.05, 3.63) is 29.8 Å². The minimum Gasteiger partial charge on any atom is -0.481 e. The molecule has 0 aliphatic rings. The molecule has 1 aromatic rings. The zero-order valence-electron chi connectivity index (χ0n) is 9.21. The van der Waals surface area contributed by atoms with Gasteiger partial charge in [-0.3, -0.25) is 0 Å². The largest absolute Gasteiger partial charge is 0.481 e. The number of hydrogen-bond acceptors (Lipinski definition) is 5. The molecule has 0 aliphatic heterocycles. The summed E-state index contributed by atoms with van der Waals surface area (Å²) in [5.41, 5.74) is 0.341. The quantitative estimate of drug-likeness (QED) is 0.730. The highest BCUT2D eigenvalue weighted by molar-refractivity contribution is 5.71. The van der Waals surface area contributed by atoms with E-state index >= 15 is 0 Å². The van der Waals surface area contributed by atoms with E-state index in [-0.39, 0.29) is 6.61 Å². The summed E-state index contributed by atoms with van der Waals surface area (Å²) in [6, 6.07) is 10.3. The Balaban J connectivity index is 2.54. The summed E-state index contributed by atoms with van der Waals surface area (Å²) < 4.78 is 9.82. The predicted octanol–water partition coefficient (Wildman–Crippen LogP) is 1.39. The van der Waals surface area contributed by atoms with Crippen LogP contribution in [0.15, 0.2) is 24.3 Å². The standard InChI is InChI=1S/C12H10N2O3/c1-9(6-13)17-12(15)8-16-11-5-3-2-4-10(11)7-14/h2-5,9H,8H2,1H3/t9-/m1/s1. The fraction of sp³-hybridized carbons (Fsp3) is 0.250. The highest BCUT2D eigenvalue weighted by atomic mass is 16.6. The van der Waals surface area contributed by atoms with E-state index < -0.39 is 12.1 Å². The van der Waals surface area contributed by atoms with E-state index in [1.807, 2.05) is 6.07 Å². The van der Waals surface area contributed by atoms with Gasteiger partial charge in [0.15, 0.2) is 12.7 Å². The summed E-state index contributed by atoms with van der Waals surface area (Å²) >= 11 is 0. The van der Waals surface area contributed by atoms with Crippen molar-refractivity contribution in [2.24, 2.45) is 0 Å². The minimum atomic E-state index is -0.808. The molecule has 0 bridgehead atoms. The summed E-state index contributed by atoms with van der Waals surface area (Å²) in [7, 11) is 0. The van der Waals surface area contributed by atoms with Gasteiger partial charge in [-0.1, -0.05) is 12.1 Å². The minimum absolute atomic E-state index is 0.316. The van der Waals surface area contributed by atoms with Gasteiger partial charge in [-0.15, -0.1) is 0 Å². The number of ether oxygens (including phenoxy) is 2. The van der Waals surface area contributed by atoms with Crippen molar-refractivity contribution in [2.75, 3.05) is 6.61 Å². The molecule has 1 atom stereocenters. The SMILES string of the molecule is C[C@H](C#N)OC(=O)COc1ccccc1C#N. The van der Waals surface area contributed by atoms with Gasteiger partial charge in [-0.25, -0.2) is 4.79 Å². The smallest absolute Gasteiger partial charge is 0.345 e. The van der Waals surface area contributed by atoms with Crippen molar-refractivity contribution in [3.8, 4) is 17.9 Å². The molecule has 0 radical (unpaired) electrons. The Kier molecular flexibility index (Phi) is 4.53. The van der Waals surface area contributed by atoms with E-state index in [4.69, 9.17) is 15.3 Å². The summed E-state index contributed by atoms with van der Waals surface area (Å²) in [6.07, 6.45) is -0.808. The molecule has 5 heteroatoms. The number of rotatable bonds is 4. The van der Waals surface area contributed by atoms with Gasteiger partial charge in [-0.05, 0) is 19.1 Å². The van der Waals surface area contributed by atoms with E-state index in [9.17, 15) is 4.79 Å². The van der Waals surface area contributed by atoms with Crippen LogP contribution < -0.4 is 4.74 Å². The molecule has 1 rings (SSSR count). The molecule has 0 amide bonds. The molecular weight excluding hydrogens is 220 g/mol. The topological polar surface area (TPSA) is 83.1 Å². The number of nitriles is 2. The Morgan fingerprint density at radius 1 is 1.41 bits per heavy atom. The van der Waals surface area contributed by atoms with Gasteiger partial charge < -0.3 is 9.47 Å². The van der Waals surface area contributed by atoms with Crippen LogP contribution in [0.4, 0.5) is 0 Å². The maximum absolute atomic E-state index is 11.2. The second kappa shape index (κ2) is 6.14. The third-order valence-electron chi connectivity index (χ3n) is 1.84.